The van der Waals surface area contributed by atoms with Crippen molar-refractivity contribution in [2.45, 2.75) is 133 Å². The summed E-state index contributed by atoms with van der Waals surface area (Å²) < 4.78 is 24.2. The van der Waals surface area contributed by atoms with Crippen LogP contribution in [0.25, 0.3) is 22.6 Å². The molecule has 1 aliphatic carbocycles. The number of aromatic nitrogens is 1. The van der Waals surface area contributed by atoms with Gasteiger partial charge in [0, 0.05) is 96.8 Å². The number of aryl methyl sites for hydroxylation is 4. The zero-order valence-corrected chi connectivity index (χ0v) is 74.1. The first kappa shape index (κ1) is 95.3. The minimum atomic E-state index is -0.508. The lowest BCUT2D eigenvalue weighted by atomic mass is 9.99. The number of phenolic OH excluding ortho intramolecular Hbond substituents is 2. The van der Waals surface area contributed by atoms with E-state index in [0.717, 1.165) is 135 Å². The number of hydrogen-bond donors (Lipinski definition) is 4. The Labute approximate surface area is 717 Å². The minimum absolute atomic E-state index is 0. The Hall–Kier alpha value is -9.57. The molecule has 14 rings (SSSR count). The fourth-order valence-electron chi connectivity index (χ4n) is 12.4. The van der Waals surface area contributed by atoms with Crippen molar-refractivity contribution in [1.82, 2.24) is 9.88 Å². The standard InChI is InChI=1S/C25H26N2O3S.C19H21ClN2O2.C18H21NO.C13H10N2O.C6H15N.C6H6OS.C4H10.C2H2Cl2O.ClH/c1-4-26(5-2)18-7-13-22-24(15-18)30-23-14-17(3)6-12-21(23)27(22)25(29)16-31-20-10-8-19(28)9-11-20;1-4-21(5-2)14-7-9-16-18(11-14)24-17-10-13(3)6-8-15(17)22(16)19(23)12-20;1-4-19(5-2)16-9-8-15-11-14-7-6-13(3)10-17(14)20-18(15)12-16;1-8-2-4-10-12(6-8)16-13-7-9(14)3-5-11(13)15-10;1-4-7(5-2)6-3;7-5-1-3-6(8)4-2-5;1-3-4-2;3-1-2(4)5;/h6-15,28H,4-5,16H2,1-3H3;6-11H,4-5,12H2,1-3H3;6-10,12H,4-5,11H2,1-3H3;2-7,14H,1H3;4-6H2,1-3H3;1-4,7-8H;3-4H2,1-2H3;1H2;1H/p-1. The number of aromatic hydroxyl groups is 2. The van der Waals surface area contributed by atoms with Gasteiger partial charge in [-0.2, -0.15) is 0 Å². The first-order chi connectivity index (χ1) is 55.3. The molecule has 618 valence electrons. The van der Waals surface area contributed by atoms with E-state index >= 15 is 0 Å². The molecular formula is C93H111Cl4N8O9S2-. The van der Waals surface area contributed by atoms with E-state index in [1.54, 1.807) is 64.4 Å². The first-order valence-corrected chi connectivity index (χ1v) is 42.2. The SMILES string of the molecule is CCCC.CCN(CC)CC.CCN(CC)c1ccc2c(c1)Oc1cc(C)ccc1C2.CCN(CC)c1ccc2c(c1)Oc1cc(C)ccc1N2C(=O)CCl.CCN(CC)c1ccc2c(c1)Oc1cc(C)ccc1N2C(=O)CSc1ccc(O)cc1.Cc1ccc2nc3ccc(=N)cc-3oc2c1.O=C(Cl)CCl.Oc1ccc(S)cc1.[Cl-]. The van der Waals surface area contributed by atoms with E-state index in [-0.39, 0.29) is 53.2 Å². The van der Waals surface area contributed by atoms with E-state index in [9.17, 15) is 19.5 Å². The maximum atomic E-state index is 13.4. The molecule has 0 saturated heterocycles. The van der Waals surface area contributed by atoms with Crippen molar-refractivity contribution in [3.8, 4) is 57.5 Å². The highest BCUT2D eigenvalue weighted by Crippen LogP contribution is 2.50. The Morgan fingerprint density at radius 3 is 1.28 bits per heavy atom. The zero-order valence-electron chi connectivity index (χ0n) is 69.3. The van der Waals surface area contributed by atoms with Crippen molar-refractivity contribution < 1.29 is 55.6 Å². The molecular weight excluding hydrogens is 1580 g/mol. The molecule has 4 heterocycles. The highest BCUT2D eigenvalue weighted by Gasteiger charge is 2.32. The Morgan fingerprint density at radius 2 is 0.845 bits per heavy atom. The molecule has 0 fully saturated rings. The molecule has 0 unspecified atom stereocenters. The van der Waals surface area contributed by atoms with Crippen LogP contribution < -0.4 is 56.5 Å². The molecule has 116 heavy (non-hydrogen) atoms. The number of halogens is 4. The van der Waals surface area contributed by atoms with Gasteiger partial charge in [0.1, 0.15) is 40.1 Å². The number of alkyl halides is 2. The van der Waals surface area contributed by atoms with Crippen molar-refractivity contribution >= 4 is 127 Å². The van der Waals surface area contributed by atoms with Crippen LogP contribution in [0.3, 0.4) is 0 Å². The van der Waals surface area contributed by atoms with Gasteiger partial charge in [0.15, 0.2) is 34.3 Å². The van der Waals surface area contributed by atoms with Gasteiger partial charge in [0.2, 0.25) is 17.1 Å². The fourth-order valence-corrected chi connectivity index (χ4v) is 13.4. The summed E-state index contributed by atoms with van der Waals surface area (Å²) in [4.78, 5) is 54.1. The van der Waals surface area contributed by atoms with Gasteiger partial charge in [0.05, 0.1) is 39.7 Å². The number of carbonyl (C=O) groups excluding carboxylic acids is 3. The van der Waals surface area contributed by atoms with Crippen molar-refractivity contribution in [2.24, 2.45) is 0 Å². The molecule has 0 saturated carbocycles. The van der Waals surface area contributed by atoms with Crippen molar-refractivity contribution in [3.63, 3.8) is 0 Å². The molecule has 9 aromatic carbocycles. The summed E-state index contributed by atoms with van der Waals surface area (Å²) in [5, 5.41) is 25.7. The van der Waals surface area contributed by atoms with Crippen LogP contribution in [-0.2, 0) is 20.8 Å². The summed E-state index contributed by atoms with van der Waals surface area (Å²) >= 11 is 20.9. The van der Waals surface area contributed by atoms with E-state index in [1.165, 1.54) is 66.6 Å². The van der Waals surface area contributed by atoms with E-state index in [0.29, 0.717) is 34.1 Å². The van der Waals surface area contributed by atoms with Gasteiger partial charge in [0.25, 0.3) is 0 Å². The summed E-state index contributed by atoms with van der Waals surface area (Å²) in [7, 11) is 0. The van der Waals surface area contributed by atoms with Gasteiger partial charge in [-0.05, 0) is 267 Å². The van der Waals surface area contributed by atoms with Crippen molar-refractivity contribution in [3.05, 3.63) is 233 Å². The molecule has 2 amide bonds. The minimum Gasteiger partial charge on any atom is -1.00 e. The normalized spacial score (nSPS) is 11.2. The van der Waals surface area contributed by atoms with Gasteiger partial charge in [-0.1, -0.05) is 83.9 Å². The van der Waals surface area contributed by atoms with Crippen LogP contribution in [0.4, 0.5) is 39.8 Å². The average Bonchev–Trinajstić information content (AvgIpc) is 0.763. The van der Waals surface area contributed by atoms with Crippen LogP contribution in [0.2, 0.25) is 0 Å². The number of phenols is 2. The van der Waals surface area contributed by atoms with Crippen LogP contribution in [0.15, 0.2) is 208 Å². The number of ether oxygens (including phenoxy) is 3. The summed E-state index contributed by atoms with van der Waals surface area (Å²) in [6.07, 6.45) is 3.60. The molecule has 0 spiro atoms. The lowest BCUT2D eigenvalue weighted by Gasteiger charge is -2.32. The van der Waals surface area contributed by atoms with Crippen molar-refractivity contribution in [2.75, 3.05) is 101 Å². The largest absolute Gasteiger partial charge is 1.00 e. The Morgan fingerprint density at radius 1 is 0.466 bits per heavy atom. The fraction of sp³-hybridized carbons (Fsp3) is 0.323. The third-order valence-corrected chi connectivity index (χ3v) is 21.0. The van der Waals surface area contributed by atoms with Crippen LogP contribution in [0.1, 0.15) is 122 Å². The lowest BCUT2D eigenvalue weighted by Crippen LogP contribution is -3.00. The number of fused-ring (bicyclic) bond motifs is 8. The summed E-state index contributed by atoms with van der Waals surface area (Å²) in [6, 6.07) is 61.4. The molecule has 0 radical (unpaired) electrons. The quantitative estimate of drug-likeness (QED) is 0.0209. The molecule has 9 aromatic rings. The van der Waals surface area contributed by atoms with Gasteiger partial charge in [-0.15, -0.1) is 47.6 Å². The first-order valence-electron chi connectivity index (χ1n) is 39.3. The molecule has 5 aliphatic rings. The number of nitrogens with zero attached hydrogens (tertiary/aromatic N) is 7. The van der Waals surface area contributed by atoms with Crippen LogP contribution in [-0.4, -0.2) is 114 Å². The van der Waals surface area contributed by atoms with Crippen LogP contribution in [0, 0.1) is 33.1 Å². The van der Waals surface area contributed by atoms with Crippen molar-refractivity contribution in [1.29, 1.82) is 5.41 Å². The highest BCUT2D eigenvalue weighted by molar-refractivity contribution is 8.00. The number of hydrogen-bond acceptors (Lipinski definition) is 17. The number of thiol groups is 1. The van der Waals surface area contributed by atoms with Gasteiger partial charge < -0.3 is 66.3 Å². The van der Waals surface area contributed by atoms with E-state index in [4.69, 9.17) is 63.9 Å². The number of amides is 2. The maximum absolute atomic E-state index is 13.4. The molecule has 23 heteroatoms. The topological polar surface area (TPSA) is 189 Å². The van der Waals surface area contributed by atoms with Gasteiger partial charge in [-0.3, -0.25) is 24.2 Å². The number of benzene rings is 10. The molecule has 4 aliphatic heterocycles. The van der Waals surface area contributed by atoms with E-state index in [2.05, 4.69) is 157 Å². The van der Waals surface area contributed by atoms with Gasteiger partial charge >= 0.3 is 0 Å². The van der Waals surface area contributed by atoms with Crippen LogP contribution in [0.5, 0.6) is 46.0 Å². The molecule has 17 nitrogen and oxygen atoms in total. The average molecular weight is 1690 g/mol. The summed E-state index contributed by atoms with van der Waals surface area (Å²) in [6.45, 7) is 41.1. The number of thioether (sulfide) groups is 1. The second-order valence-electron chi connectivity index (χ2n) is 27.0. The maximum Gasteiger partial charge on any atom is 0.246 e. The highest BCUT2D eigenvalue weighted by atomic mass is 35.5. The lowest BCUT2D eigenvalue weighted by molar-refractivity contribution is -0.116. The number of carbonyl (C=O) groups is 3. The third-order valence-electron chi connectivity index (χ3n) is 18.9. The number of unbranched alkanes of at least 4 members (excludes halogenated alkanes) is 1. The number of rotatable bonds is 18. The second kappa shape index (κ2) is 48.2. The summed E-state index contributed by atoms with van der Waals surface area (Å²) in [5.41, 5.74) is 15.8. The molecule has 3 N–H and O–H groups in total. The Kier molecular flexibility index (Phi) is 39.6. The smallest absolute Gasteiger partial charge is 0.246 e. The number of anilines is 7. The zero-order chi connectivity index (χ0) is 83.8. The molecule has 0 atom stereocenters. The Bertz CT molecular complexity index is 4950. The third kappa shape index (κ3) is 27.3. The van der Waals surface area contributed by atoms with E-state index in [1.807, 2.05) is 124 Å². The molecule has 0 aromatic heterocycles. The predicted molar refractivity (Wildman–Crippen MR) is 483 cm³/mol. The predicted octanol–water partition coefficient (Wildman–Crippen LogP) is 21.0. The molecule has 0 bridgehead atoms. The summed E-state index contributed by atoms with van der Waals surface area (Å²) in [5.74, 6) is 5.80. The van der Waals surface area contributed by atoms with E-state index < -0.39 is 5.24 Å². The monoisotopic (exact) mass is 1690 g/mol. The second-order valence-corrected chi connectivity index (χ2v) is 29.5. The Balaban J connectivity index is 0.000000222. The number of nitrogens with one attached hydrogen (secondary N) is 1. The van der Waals surface area contributed by atoms with Crippen LogP contribution >= 0.6 is 59.2 Å². The van der Waals surface area contributed by atoms with Gasteiger partial charge in [-0.25, -0.2) is 4.98 Å².